The Bertz CT molecular complexity index is 997. The van der Waals surface area contributed by atoms with E-state index in [9.17, 15) is 5.26 Å². The Morgan fingerprint density at radius 3 is 2.64 bits per heavy atom. The maximum absolute atomic E-state index is 9.60. The fourth-order valence-electron chi connectivity index (χ4n) is 2.84. The molecule has 5 heteroatoms. The van der Waals surface area contributed by atoms with Crippen LogP contribution in [0.3, 0.4) is 0 Å². The van der Waals surface area contributed by atoms with E-state index in [1.54, 1.807) is 6.20 Å². The largest absolute Gasteiger partial charge is 0.494 e. The summed E-state index contributed by atoms with van der Waals surface area (Å²) in [6.45, 7) is 6.91. The monoisotopic (exact) mass is 389 g/mol. The minimum atomic E-state index is 0.397. The standard InChI is InChI=1S/C23H23N3OS/c1-4-27-19-11-9-17(10-12-19)22-15-28-23(26-22)18(13-24)14-25-21-8-6-5-7-20(21)16(2)3/h5-12,14-16,25H,4H2,1-3H3. The number of thiazole rings is 1. The molecule has 4 nitrogen and oxygen atoms in total. The molecule has 0 bridgehead atoms. The maximum Gasteiger partial charge on any atom is 0.136 e. The lowest BCUT2D eigenvalue weighted by Gasteiger charge is -2.12. The van der Waals surface area contributed by atoms with E-state index in [-0.39, 0.29) is 0 Å². The van der Waals surface area contributed by atoms with Gasteiger partial charge in [-0.25, -0.2) is 4.98 Å². The Hall–Kier alpha value is -3.10. The predicted molar refractivity (Wildman–Crippen MR) is 116 cm³/mol. The Balaban J connectivity index is 1.81. The van der Waals surface area contributed by atoms with Crippen LogP contribution < -0.4 is 10.1 Å². The van der Waals surface area contributed by atoms with Crippen LogP contribution >= 0.6 is 11.3 Å². The number of ether oxygens (including phenoxy) is 1. The Morgan fingerprint density at radius 2 is 1.96 bits per heavy atom. The summed E-state index contributed by atoms with van der Waals surface area (Å²) in [6, 6.07) is 18.2. The van der Waals surface area contributed by atoms with Crippen LogP contribution in [-0.2, 0) is 0 Å². The summed E-state index contributed by atoms with van der Waals surface area (Å²) in [6.07, 6.45) is 1.74. The number of aromatic nitrogens is 1. The fraction of sp³-hybridized carbons (Fsp3) is 0.217. The minimum absolute atomic E-state index is 0.397. The van der Waals surface area contributed by atoms with E-state index in [0.29, 0.717) is 23.1 Å². The number of nitriles is 1. The molecular formula is C23H23N3OS. The number of nitrogens with zero attached hydrogens (tertiary/aromatic N) is 2. The van der Waals surface area contributed by atoms with Crippen LogP contribution in [0.15, 0.2) is 60.1 Å². The van der Waals surface area contributed by atoms with Crippen molar-refractivity contribution in [1.82, 2.24) is 4.98 Å². The number of para-hydroxylation sites is 1. The van der Waals surface area contributed by atoms with Crippen molar-refractivity contribution in [2.75, 3.05) is 11.9 Å². The van der Waals surface area contributed by atoms with Gasteiger partial charge in [0.1, 0.15) is 22.4 Å². The van der Waals surface area contributed by atoms with Crippen LogP contribution in [0.4, 0.5) is 5.69 Å². The second-order valence-corrected chi connectivity index (χ2v) is 7.41. The topological polar surface area (TPSA) is 57.9 Å². The molecule has 0 radical (unpaired) electrons. The molecule has 0 fully saturated rings. The van der Waals surface area contributed by atoms with Gasteiger partial charge in [0, 0.05) is 22.8 Å². The van der Waals surface area contributed by atoms with Gasteiger partial charge in [0.25, 0.3) is 0 Å². The Labute approximate surface area is 170 Å². The summed E-state index contributed by atoms with van der Waals surface area (Å²) in [5, 5.41) is 15.5. The molecule has 0 atom stereocenters. The van der Waals surface area contributed by atoms with Crippen molar-refractivity contribution in [3.05, 3.63) is 70.7 Å². The molecule has 1 aromatic heterocycles. The first kappa shape index (κ1) is 19.7. The van der Waals surface area contributed by atoms with Crippen LogP contribution in [0.2, 0.25) is 0 Å². The molecule has 0 saturated heterocycles. The zero-order chi connectivity index (χ0) is 19.9. The predicted octanol–water partition coefficient (Wildman–Crippen LogP) is 6.31. The quantitative estimate of drug-likeness (QED) is 0.481. The van der Waals surface area contributed by atoms with Crippen LogP contribution in [0.1, 0.15) is 37.3 Å². The molecule has 28 heavy (non-hydrogen) atoms. The van der Waals surface area contributed by atoms with Crippen LogP contribution in [0, 0.1) is 11.3 Å². The van der Waals surface area contributed by atoms with Gasteiger partial charge >= 0.3 is 0 Å². The van der Waals surface area contributed by atoms with Crippen molar-refractivity contribution in [3.8, 4) is 23.1 Å². The molecule has 0 amide bonds. The zero-order valence-corrected chi connectivity index (χ0v) is 17.1. The summed E-state index contributed by atoms with van der Waals surface area (Å²) in [7, 11) is 0. The first-order chi connectivity index (χ1) is 13.6. The van der Waals surface area contributed by atoms with Crippen molar-refractivity contribution < 1.29 is 4.74 Å². The second kappa shape index (κ2) is 9.20. The maximum atomic E-state index is 9.60. The van der Waals surface area contributed by atoms with E-state index in [1.165, 1.54) is 16.9 Å². The number of hydrogen-bond donors (Lipinski definition) is 1. The highest BCUT2D eigenvalue weighted by atomic mass is 32.1. The average Bonchev–Trinajstić information content (AvgIpc) is 3.19. The number of benzene rings is 2. The van der Waals surface area contributed by atoms with E-state index >= 15 is 0 Å². The number of allylic oxidation sites excluding steroid dienone is 1. The molecule has 0 aliphatic heterocycles. The smallest absolute Gasteiger partial charge is 0.136 e. The highest BCUT2D eigenvalue weighted by Crippen LogP contribution is 2.28. The molecule has 0 unspecified atom stereocenters. The molecule has 1 N–H and O–H groups in total. The van der Waals surface area contributed by atoms with E-state index < -0.39 is 0 Å². The summed E-state index contributed by atoms with van der Waals surface area (Å²) in [4.78, 5) is 4.64. The van der Waals surface area contributed by atoms with Crippen molar-refractivity contribution >= 4 is 22.6 Å². The average molecular weight is 390 g/mol. The van der Waals surface area contributed by atoms with Gasteiger partial charge in [-0.05, 0) is 48.7 Å². The van der Waals surface area contributed by atoms with Gasteiger partial charge in [-0.2, -0.15) is 5.26 Å². The van der Waals surface area contributed by atoms with Crippen molar-refractivity contribution in [2.24, 2.45) is 0 Å². The molecule has 0 spiro atoms. The molecule has 3 rings (SSSR count). The molecular weight excluding hydrogens is 366 g/mol. The molecule has 0 aliphatic rings. The van der Waals surface area contributed by atoms with E-state index in [4.69, 9.17) is 4.74 Å². The Morgan fingerprint density at radius 1 is 1.21 bits per heavy atom. The van der Waals surface area contributed by atoms with Gasteiger partial charge in [-0.1, -0.05) is 32.0 Å². The lowest BCUT2D eigenvalue weighted by Crippen LogP contribution is -1.97. The lowest BCUT2D eigenvalue weighted by atomic mass is 10.0. The summed E-state index contributed by atoms with van der Waals surface area (Å²) in [5.41, 5.74) is 4.59. The molecule has 3 aromatic rings. The van der Waals surface area contributed by atoms with E-state index in [1.807, 2.05) is 54.8 Å². The van der Waals surface area contributed by atoms with E-state index in [0.717, 1.165) is 22.7 Å². The molecule has 142 valence electrons. The van der Waals surface area contributed by atoms with Crippen LogP contribution in [0.25, 0.3) is 16.8 Å². The van der Waals surface area contributed by atoms with Gasteiger partial charge in [-0.15, -0.1) is 11.3 Å². The van der Waals surface area contributed by atoms with Gasteiger partial charge in [0.15, 0.2) is 0 Å². The van der Waals surface area contributed by atoms with E-state index in [2.05, 4.69) is 36.3 Å². The molecule has 1 heterocycles. The summed E-state index contributed by atoms with van der Waals surface area (Å²) in [5.74, 6) is 1.24. The van der Waals surface area contributed by atoms with Gasteiger partial charge in [-0.3, -0.25) is 0 Å². The first-order valence-electron chi connectivity index (χ1n) is 9.27. The molecule has 0 saturated carbocycles. The van der Waals surface area contributed by atoms with Crippen LogP contribution in [-0.4, -0.2) is 11.6 Å². The third-order valence-electron chi connectivity index (χ3n) is 4.27. The summed E-state index contributed by atoms with van der Waals surface area (Å²) >= 11 is 1.46. The fourth-order valence-corrected chi connectivity index (χ4v) is 3.64. The van der Waals surface area contributed by atoms with Crippen molar-refractivity contribution in [3.63, 3.8) is 0 Å². The number of rotatable bonds is 7. The highest BCUT2D eigenvalue weighted by Gasteiger charge is 2.10. The molecule has 2 aromatic carbocycles. The van der Waals surface area contributed by atoms with Crippen molar-refractivity contribution in [2.45, 2.75) is 26.7 Å². The molecule has 0 aliphatic carbocycles. The third kappa shape index (κ3) is 4.59. The number of anilines is 1. The SMILES string of the molecule is CCOc1ccc(-c2csc(C(C#N)=CNc3ccccc3C(C)C)n2)cc1. The highest BCUT2D eigenvalue weighted by molar-refractivity contribution is 7.11. The van der Waals surface area contributed by atoms with Crippen LogP contribution in [0.5, 0.6) is 5.75 Å². The van der Waals surface area contributed by atoms with Gasteiger partial charge in [0.2, 0.25) is 0 Å². The van der Waals surface area contributed by atoms with Gasteiger partial charge in [0.05, 0.1) is 12.3 Å². The Kier molecular flexibility index (Phi) is 6.46. The van der Waals surface area contributed by atoms with Gasteiger partial charge < -0.3 is 10.1 Å². The third-order valence-corrected chi connectivity index (χ3v) is 5.15. The normalized spacial score (nSPS) is 11.3. The second-order valence-electron chi connectivity index (χ2n) is 6.55. The summed E-state index contributed by atoms with van der Waals surface area (Å²) < 4.78 is 5.48. The van der Waals surface area contributed by atoms with Crippen molar-refractivity contribution in [1.29, 1.82) is 5.26 Å². The number of nitrogens with one attached hydrogen (secondary N) is 1. The first-order valence-corrected chi connectivity index (χ1v) is 10.1. The lowest BCUT2D eigenvalue weighted by molar-refractivity contribution is 0.340. The zero-order valence-electron chi connectivity index (χ0n) is 16.3. The number of hydrogen-bond acceptors (Lipinski definition) is 5. The minimum Gasteiger partial charge on any atom is -0.494 e.